The van der Waals surface area contributed by atoms with Gasteiger partial charge in [-0.15, -0.1) is 0 Å². The van der Waals surface area contributed by atoms with Crippen molar-refractivity contribution in [2.45, 2.75) is 39.7 Å². The largest absolute Gasteiger partial charge is 0.348 e. The molecule has 0 saturated heterocycles. The average Bonchev–Trinajstić information content (AvgIpc) is 2.80. The number of rotatable bonds is 3. The van der Waals surface area contributed by atoms with Crippen molar-refractivity contribution in [1.82, 2.24) is 15.5 Å². The lowest BCUT2D eigenvalue weighted by atomic mass is 9.83. The van der Waals surface area contributed by atoms with E-state index in [1.165, 1.54) is 0 Å². The zero-order chi connectivity index (χ0) is 14.8. The molecular weight excluding hydrogens is 250 g/mol. The minimum absolute atomic E-state index is 0.0453. The van der Waals surface area contributed by atoms with Crippen molar-refractivity contribution < 1.29 is 4.79 Å². The van der Waals surface area contributed by atoms with Gasteiger partial charge in [-0.2, -0.15) is 5.10 Å². The van der Waals surface area contributed by atoms with E-state index in [0.29, 0.717) is 6.54 Å². The second-order valence-electron chi connectivity index (χ2n) is 6.00. The third kappa shape index (κ3) is 3.07. The summed E-state index contributed by atoms with van der Waals surface area (Å²) in [5.74, 6) is -0.0453. The summed E-state index contributed by atoms with van der Waals surface area (Å²) in [7, 11) is 0. The number of carbonyl (C=O) groups is 1. The lowest BCUT2D eigenvalue weighted by molar-refractivity contribution is 0.0948. The van der Waals surface area contributed by atoms with Crippen molar-refractivity contribution in [3.8, 4) is 0 Å². The fourth-order valence-corrected chi connectivity index (χ4v) is 2.16. The molecule has 2 rings (SSSR count). The molecule has 1 aromatic carbocycles. The predicted octanol–water partition coefficient (Wildman–Crippen LogP) is 2.95. The third-order valence-corrected chi connectivity index (χ3v) is 3.35. The van der Waals surface area contributed by atoms with Crippen LogP contribution >= 0.6 is 0 Å². The van der Waals surface area contributed by atoms with Crippen LogP contribution in [0.25, 0.3) is 0 Å². The molecular formula is C16H21N3O. The van der Waals surface area contributed by atoms with Gasteiger partial charge < -0.3 is 5.32 Å². The van der Waals surface area contributed by atoms with E-state index in [2.05, 4.69) is 36.3 Å². The number of aromatic nitrogens is 2. The molecule has 0 unspecified atom stereocenters. The van der Waals surface area contributed by atoms with Gasteiger partial charge >= 0.3 is 0 Å². The van der Waals surface area contributed by atoms with Gasteiger partial charge in [0, 0.05) is 23.4 Å². The first-order valence-electron chi connectivity index (χ1n) is 6.76. The van der Waals surface area contributed by atoms with Gasteiger partial charge in [0.2, 0.25) is 0 Å². The highest BCUT2D eigenvalue weighted by Crippen LogP contribution is 2.25. The number of aryl methyl sites for hydroxylation is 1. The molecule has 0 fully saturated rings. The molecule has 1 aromatic heterocycles. The van der Waals surface area contributed by atoms with E-state index < -0.39 is 0 Å². The van der Waals surface area contributed by atoms with Gasteiger partial charge in [-0.3, -0.25) is 9.89 Å². The molecule has 0 radical (unpaired) electrons. The number of benzene rings is 1. The van der Waals surface area contributed by atoms with Crippen molar-refractivity contribution in [3.05, 3.63) is 52.8 Å². The van der Waals surface area contributed by atoms with E-state index in [1.54, 1.807) is 6.20 Å². The van der Waals surface area contributed by atoms with Crippen LogP contribution in [0.5, 0.6) is 0 Å². The molecule has 0 aliphatic rings. The number of hydrogen-bond donors (Lipinski definition) is 2. The van der Waals surface area contributed by atoms with Crippen LogP contribution < -0.4 is 5.32 Å². The summed E-state index contributed by atoms with van der Waals surface area (Å²) in [4.78, 5) is 12.4. The molecule has 0 bridgehead atoms. The molecule has 2 N–H and O–H groups in total. The highest BCUT2D eigenvalue weighted by molar-refractivity contribution is 5.96. The summed E-state index contributed by atoms with van der Waals surface area (Å²) in [5.41, 5.74) is 3.73. The highest BCUT2D eigenvalue weighted by Gasteiger charge is 2.21. The smallest absolute Gasteiger partial charge is 0.251 e. The summed E-state index contributed by atoms with van der Waals surface area (Å²) < 4.78 is 0. The van der Waals surface area contributed by atoms with Crippen LogP contribution in [-0.2, 0) is 12.0 Å². The monoisotopic (exact) mass is 271 g/mol. The van der Waals surface area contributed by atoms with E-state index in [9.17, 15) is 4.79 Å². The molecule has 20 heavy (non-hydrogen) atoms. The Morgan fingerprint density at radius 2 is 2.00 bits per heavy atom. The Labute approximate surface area is 119 Å². The Bertz CT molecular complexity index is 608. The van der Waals surface area contributed by atoms with Crippen molar-refractivity contribution in [1.29, 1.82) is 0 Å². The van der Waals surface area contributed by atoms with E-state index in [-0.39, 0.29) is 11.3 Å². The topological polar surface area (TPSA) is 57.8 Å². The van der Waals surface area contributed by atoms with E-state index in [4.69, 9.17) is 0 Å². The fourth-order valence-electron chi connectivity index (χ4n) is 2.16. The van der Waals surface area contributed by atoms with Crippen molar-refractivity contribution in [2.24, 2.45) is 0 Å². The molecule has 0 spiro atoms. The molecule has 4 nitrogen and oxygen atoms in total. The van der Waals surface area contributed by atoms with Gasteiger partial charge in [-0.05, 0) is 24.0 Å². The maximum Gasteiger partial charge on any atom is 0.251 e. The van der Waals surface area contributed by atoms with Crippen LogP contribution in [0, 0.1) is 6.92 Å². The second-order valence-corrected chi connectivity index (χ2v) is 6.00. The van der Waals surface area contributed by atoms with Gasteiger partial charge in [-0.25, -0.2) is 0 Å². The second kappa shape index (κ2) is 5.49. The summed E-state index contributed by atoms with van der Waals surface area (Å²) in [6, 6.07) is 7.75. The molecule has 106 valence electrons. The maximum atomic E-state index is 12.4. The zero-order valence-corrected chi connectivity index (χ0v) is 12.4. The predicted molar refractivity (Wildman–Crippen MR) is 79.6 cm³/mol. The minimum atomic E-state index is -0.0561. The van der Waals surface area contributed by atoms with Crippen LogP contribution in [-0.4, -0.2) is 16.1 Å². The first-order valence-corrected chi connectivity index (χ1v) is 6.76. The maximum absolute atomic E-state index is 12.4. The lowest BCUT2D eigenvalue weighted by Crippen LogP contribution is -2.26. The van der Waals surface area contributed by atoms with Crippen molar-refractivity contribution >= 4 is 5.91 Å². The number of hydrogen-bond acceptors (Lipinski definition) is 2. The van der Waals surface area contributed by atoms with Crippen LogP contribution in [0.15, 0.2) is 30.5 Å². The average molecular weight is 271 g/mol. The number of aromatic amines is 1. The molecule has 2 aromatic rings. The number of carbonyl (C=O) groups excluding carboxylic acids is 1. The van der Waals surface area contributed by atoms with Gasteiger partial charge in [0.25, 0.3) is 5.91 Å². The Morgan fingerprint density at radius 3 is 2.60 bits per heavy atom. The summed E-state index contributed by atoms with van der Waals surface area (Å²) in [5, 5.41) is 9.78. The standard InChI is InChI=1S/C16H21N3O/c1-11-12(10-18-19-11)9-17-15(20)13-7-5-6-8-14(13)16(2,3)4/h5-8,10H,9H2,1-4H3,(H,17,20)(H,18,19). The molecule has 0 saturated carbocycles. The number of amides is 1. The van der Waals surface area contributed by atoms with E-state index in [0.717, 1.165) is 22.4 Å². The third-order valence-electron chi connectivity index (χ3n) is 3.35. The van der Waals surface area contributed by atoms with Crippen LogP contribution in [0.2, 0.25) is 0 Å². The van der Waals surface area contributed by atoms with Crippen LogP contribution in [0.1, 0.15) is 48.0 Å². The fraction of sp³-hybridized carbons (Fsp3) is 0.375. The summed E-state index contributed by atoms with van der Waals surface area (Å²) in [6.45, 7) is 8.76. The van der Waals surface area contributed by atoms with Crippen LogP contribution in [0.3, 0.4) is 0 Å². The summed E-state index contributed by atoms with van der Waals surface area (Å²) >= 11 is 0. The number of H-pyrrole nitrogens is 1. The lowest BCUT2D eigenvalue weighted by Gasteiger charge is -2.22. The van der Waals surface area contributed by atoms with Crippen molar-refractivity contribution in [3.63, 3.8) is 0 Å². The summed E-state index contributed by atoms with van der Waals surface area (Å²) in [6.07, 6.45) is 1.74. The van der Waals surface area contributed by atoms with Crippen molar-refractivity contribution in [2.75, 3.05) is 0 Å². The molecule has 0 atom stereocenters. The highest BCUT2D eigenvalue weighted by atomic mass is 16.1. The van der Waals surface area contributed by atoms with E-state index >= 15 is 0 Å². The van der Waals surface area contributed by atoms with Crippen LogP contribution in [0.4, 0.5) is 0 Å². The van der Waals surface area contributed by atoms with E-state index in [1.807, 2.05) is 31.2 Å². The Hall–Kier alpha value is -2.10. The number of nitrogens with zero attached hydrogens (tertiary/aromatic N) is 1. The number of nitrogens with one attached hydrogen (secondary N) is 2. The molecule has 0 aliphatic heterocycles. The zero-order valence-electron chi connectivity index (χ0n) is 12.4. The Kier molecular flexibility index (Phi) is 3.93. The Balaban J connectivity index is 2.16. The SMILES string of the molecule is Cc1[nH]ncc1CNC(=O)c1ccccc1C(C)(C)C. The van der Waals surface area contributed by atoms with Gasteiger partial charge in [0.1, 0.15) is 0 Å². The molecule has 1 heterocycles. The molecule has 4 heteroatoms. The Morgan fingerprint density at radius 1 is 1.30 bits per heavy atom. The molecule has 1 amide bonds. The minimum Gasteiger partial charge on any atom is -0.348 e. The van der Waals surface area contributed by atoms with Gasteiger partial charge in [-0.1, -0.05) is 39.0 Å². The van der Waals surface area contributed by atoms with Gasteiger partial charge in [0.15, 0.2) is 0 Å². The van der Waals surface area contributed by atoms with Gasteiger partial charge in [0.05, 0.1) is 6.20 Å². The quantitative estimate of drug-likeness (QED) is 0.901. The first-order chi connectivity index (χ1) is 9.39. The molecule has 0 aliphatic carbocycles. The first kappa shape index (κ1) is 14.3. The normalized spacial score (nSPS) is 11.4.